The number of aryl methyl sites for hydroxylation is 2. The number of hydrogen-bond acceptors (Lipinski definition) is 4. The lowest BCUT2D eigenvalue weighted by Gasteiger charge is -2.09. The van der Waals surface area contributed by atoms with E-state index >= 15 is 0 Å². The molecule has 5 heteroatoms. The number of benzene rings is 1. The first-order chi connectivity index (χ1) is 9.65. The second kappa shape index (κ2) is 5.66. The summed E-state index contributed by atoms with van der Waals surface area (Å²) in [7, 11) is 1.81. The second-order valence-electron chi connectivity index (χ2n) is 4.91. The van der Waals surface area contributed by atoms with Gasteiger partial charge in [-0.05, 0) is 12.5 Å². The van der Waals surface area contributed by atoms with E-state index in [0.29, 0.717) is 0 Å². The fourth-order valence-electron chi connectivity index (χ4n) is 2.13. The van der Waals surface area contributed by atoms with E-state index in [1.807, 2.05) is 7.05 Å². The van der Waals surface area contributed by atoms with Crippen molar-refractivity contribution >= 4 is 23.5 Å². The Morgan fingerprint density at radius 3 is 2.85 bits per heavy atom. The van der Waals surface area contributed by atoms with Gasteiger partial charge in [-0.25, -0.2) is 4.98 Å². The van der Waals surface area contributed by atoms with Gasteiger partial charge in [-0.3, -0.25) is 9.36 Å². The standard InChI is InChI=1S/C15H16N2OS2/c1-10-3-5-11(6-4-10)9-20-15-16-12-7-8-19-13(12)14(18)17(15)2/h3-6H,7-9H2,1-2H3. The molecular weight excluding hydrogens is 288 g/mol. The van der Waals surface area contributed by atoms with Crippen molar-refractivity contribution in [1.29, 1.82) is 0 Å². The zero-order chi connectivity index (χ0) is 14.1. The van der Waals surface area contributed by atoms with Crippen LogP contribution in [0.1, 0.15) is 16.8 Å². The molecule has 2 heterocycles. The summed E-state index contributed by atoms with van der Waals surface area (Å²) in [6, 6.07) is 8.48. The van der Waals surface area contributed by atoms with Gasteiger partial charge in [0.1, 0.15) is 0 Å². The van der Waals surface area contributed by atoms with E-state index in [1.54, 1.807) is 28.1 Å². The van der Waals surface area contributed by atoms with Gasteiger partial charge in [0.05, 0.1) is 10.6 Å². The molecule has 0 saturated carbocycles. The van der Waals surface area contributed by atoms with E-state index in [4.69, 9.17) is 0 Å². The van der Waals surface area contributed by atoms with Gasteiger partial charge < -0.3 is 0 Å². The van der Waals surface area contributed by atoms with Crippen LogP contribution in [-0.4, -0.2) is 15.3 Å². The topological polar surface area (TPSA) is 34.9 Å². The maximum atomic E-state index is 12.2. The fraction of sp³-hybridized carbons (Fsp3) is 0.333. The van der Waals surface area contributed by atoms with Crippen LogP contribution in [0.25, 0.3) is 0 Å². The molecule has 0 fully saturated rings. The summed E-state index contributed by atoms with van der Waals surface area (Å²) >= 11 is 3.26. The van der Waals surface area contributed by atoms with E-state index in [9.17, 15) is 4.79 Å². The number of thioether (sulfide) groups is 2. The van der Waals surface area contributed by atoms with Crippen LogP contribution in [0.2, 0.25) is 0 Å². The van der Waals surface area contributed by atoms with Crippen LogP contribution in [-0.2, 0) is 19.2 Å². The van der Waals surface area contributed by atoms with Crippen LogP contribution in [0.3, 0.4) is 0 Å². The van der Waals surface area contributed by atoms with E-state index in [-0.39, 0.29) is 5.56 Å². The van der Waals surface area contributed by atoms with Crippen molar-refractivity contribution in [2.24, 2.45) is 7.05 Å². The van der Waals surface area contributed by atoms with Crippen molar-refractivity contribution in [2.75, 3.05) is 5.75 Å². The summed E-state index contributed by atoms with van der Waals surface area (Å²) < 4.78 is 1.68. The quantitative estimate of drug-likeness (QED) is 0.645. The van der Waals surface area contributed by atoms with Gasteiger partial charge in [-0.1, -0.05) is 41.6 Å². The minimum absolute atomic E-state index is 0.101. The molecule has 1 aliphatic rings. The largest absolute Gasteiger partial charge is 0.290 e. The number of aromatic nitrogens is 2. The molecule has 0 saturated heterocycles. The predicted molar refractivity (Wildman–Crippen MR) is 84.6 cm³/mol. The Morgan fingerprint density at radius 2 is 2.10 bits per heavy atom. The van der Waals surface area contributed by atoms with E-state index in [0.717, 1.165) is 33.7 Å². The Bertz CT molecular complexity index is 692. The summed E-state index contributed by atoms with van der Waals surface area (Å²) in [5, 5.41) is 0.817. The molecule has 0 radical (unpaired) electrons. The van der Waals surface area contributed by atoms with Crippen molar-refractivity contribution in [3.8, 4) is 0 Å². The zero-order valence-corrected chi connectivity index (χ0v) is 13.2. The molecule has 104 valence electrons. The van der Waals surface area contributed by atoms with Crippen LogP contribution < -0.4 is 5.56 Å². The van der Waals surface area contributed by atoms with E-state index in [1.165, 1.54) is 11.1 Å². The molecule has 0 unspecified atom stereocenters. The maximum absolute atomic E-state index is 12.2. The van der Waals surface area contributed by atoms with Gasteiger partial charge in [0.15, 0.2) is 5.16 Å². The lowest BCUT2D eigenvalue weighted by atomic mass is 10.2. The molecule has 20 heavy (non-hydrogen) atoms. The van der Waals surface area contributed by atoms with E-state index < -0.39 is 0 Å². The third-order valence-corrected chi connectivity index (χ3v) is 5.56. The van der Waals surface area contributed by atoms with Crippen LogP contribution in [0.4, 0.5) is 0 Å². The Kier molecular flexibility index (Phi) is 3.89. The van der Waals surface area contributed by atoms with Crippen LogP contribution in [0.5, 0.6) is 0 Å². The molecule has 0 atom stereocenters. The molecule has 0 bridgehead atoms. The Balaban J connectivity index is 1.83. The molecule has 3 nitrogen and oxygen atoms in total. The summed E-state index contributed by atoms with van der Waals surface area (Å²) in [5.41, 5.74) is 3.59. The third kappa shape index (κ3) is 2.65. The molecule has 1 aromatic carbocycles. The first kappa shape index (κ1) is 13.8. The highest BCUT2D eigenvalue weighted by Crippen LogP contribution is 2.29. The first-order valence-electron chi connectivity index (χ1n) is 6.56. The molecule has 0 N–H and O–H groups in total. The van der Waals surface area contributed by atoms with Gasteiger partial charge in [0.2, 0.25) is 0 Å². The maximum Gasteiger partial charge on any atom is 0.267 e. The van der Waals surface area contributed by atoms with Crippen LogP contribution in [0.15, 0.2) is 39.1 Å². The molecule has 1 aromatic heterocycles. The highest BCUT2D eigenvalue weighted by molar-refractivity contribution is 7.99. The minimum Gasteiger partial charge on any atom is -0.290 e. The SMILES string of the molecule is Cc1ccc(CSc2nc3c(c(=O)n2C)SCC3)cc1. The van der Waals surface area contributed by atoms with Crippen molar-refractivity contribution < 1.29 is 0 Å². The summed E-state index contributed by atoms with van der Waals surface area (Å²) in [6.07, 6.45) is 0.911. The molecular formula is C15H16N2OS2. The number of fused-ring (bicyclic) bond motifs is 1. The molecule has 0 amide bonds. The molecule has 2 aromatic rings. The average molecular weight is 304 g/mol. The highest BCUT2D eigenvalue weighted by Gasteiger charge is 2.20. The van der Waals surface area contributed by atoms with Crippen molar-refractivity contribution in [3.05, 3.63) is 51.4 Å². The Hall–Kier alpha value is -1.20. The monoisotopic (exact) mass is 304 g/mol. The smallest absolute Gasteiger partial charge is 0.267 e. The number of nitrogens with zero attached hydrogens (tertiary/aromatic N) is 2. The Morgan fingerprint density at radius 1 is 1.35 bits per heavy atom. The summed E-state index contributed by atoms with van der Waals surface area (Å²) in [6.45, 7) is 2.08. The number of rotatable bonds is 3. The van der Waals surface area contributed by atoms with Gasteiger partial charge in [-0.2, -0.15) is 0 Å². The molecule has 0 spiro atoms. The Labute approximate surface area is 126 Å². The second-order valence-corrected chi connectivity index (χ2v) is 6.95. The summed E-state index contributed by atoms with van der Waals surface area (Å²) in [5.74, 6) is 1.82. The first-order valence-corrected chi connectivity index (χ1v) is 8.53. The lowest BCUT2D eigenvalue weighted by Crippen LogP contribution is -2.22. The number of hydrogen-bond donors (Lipinski definition) is 0. The van der Waals surface area contributed by atoms with Crippen LogP contribution >= 0.6 is 23.5 Å². The lowest BCUT2D eigenvalue weighted by molar-refractivity contribution is 0.669. The van der Waals surface area contributed by atoms with Crippen molar-refractivity contribution in [3.63, 3.8) is 0 Å². The molecule has 1 aliphatic heterocycles. The van der Waals surface area contributed by atoms with Crippen molar-refractivity contribution in [1.82, 2.24) is 9.55 Å². The van der Waals surface area contributed by atoms with Gasteiger partial charge in [0.25, 0.3) is 5.56 Å². The fourth-order valence-corrected chi connectivity index (χ4v) is 4.14. The minimum atomic E-state index is 0.101. The van der Waals surface area contributed by atoms with Gasteiger partial charge >= 0.3 is 0 Å². The average Bonchev–Trinajstić information content (AvgIpc) is 2.91. The normalized spacial score (nSPS) is 13.5. The molecule has 3 rings (SSSR count). The summed E-state index contributed by atoms with van der Waals surface area (Å²) in [4.78, 5) is 17.7. The molecule has 0 aliphatic carbocycles. The van der Waals surface area contributed by atoms with Gasteiger partial charge in [0, 0.05) is 25.0 Å². The van der Waals surface area contributed by atoms with Crippen molar-refractivity contribution in [2.45, 2.75) is 29.1 Å². The highest BCUT2D eigenvalue weighted by atomic mass is 32.2. The third-order valence-electron chi connectivity index (χ3n) is 3.35. The predicted octanol–water partition coefficient (Wildman–Crippen LogP) is 3.03. The zero-order valence-electron chi connectivity index (χ0n) is 11.5. The van der Waals surface area contributed by atoms with Crippen LogP contribution in [0, 0.1) is 6.92 Å². The van der Waals surface area contributed by atoms with E-state index in [2.05, 4.69) is 36.2 Å². The van der Waals surface area contributed by atoms with Gasteiger partial charge in [-0.15, -0.1) is 11.8 Å².